The smallest absolute Gasteiger partial charge is 0.123 e. The molecule has 96 valence electrons. The van der Waals surface area contributed by atoms with E-state index in [0.717, 1.165) is 5.56 Å². The summed E-state index contributed by atoms with van der Waals surface area (Å²) in [6.07, 6.45) is 0.0480. The summed E-state index contributed by atoms with van der Waals surface area (Å²) in [5.41, 5.74) is 0.930. The zero-order valence-electron chi connectivity index (χ0n) is 11.0. The van der Waals surface area contributed by atoms with Crippen molar-refractivity contribution in [2.75, 3.05) is 13.7 Å². The first-order chi connectivity index (χ1) is 8.10. The minimum atomic E-state index is -0.207. The first-order valence-electron chi connectivity index (χ1n) is 6.14. The van der Waals surface area contributed by atoms with Gasteiger partial charge in [-0.2, -0.15) is 0 Å². The van der Waals surface area contributed by atoms with Crippen molar-refractivity contribution in [3.63, 3.8) is 0 Å². The molecule has 1 N–H and O–H groups in total. The average molecular weight is 239 g/mol. The SMILES string of the molecule is CCOC(C(C)C)C(NC)c1cccc(F)c1. The Labute approximate surface area is 103 Å². The Hall–Kier alpha value is -0.930. The molecule has 1 aromatic carbocycles. The molecule has 0 spiro atoms. The molecule has 0 heterocycles. The third-order valence-corrected chi connectivity index (χ3v) is 2.86. The van der Waals surface area contributed by atoms with Gasteiger partial charge >= 0.3 is 0 Å². The first-order valence-corrected chi connectivity index (χ1v) is 6.14. The number of likely N-dealkylation sites (N-methyl/N-ethyl adjacent to an activating group) is 1. The van der Waals surface area contributed by atoms with E-state index in [1.54, 1.807) is 12.1 Å². The largest absolute Gasteiger partial charge is 0.376 e. The fourth-order valence-electron chi connectivity index (χ4n) is 2.09. The van der Waals surface area contributed by atoms with Gasteiger partial charge in [-0.3, -0.25) is 0 Å². The highest BCUT2D eigenvalue weighted by atomic mass is 19.1. The van der Waals surface area contributed by atoms with Crippen molar-refractivity contribution >= 4 is 0 Å². The molecule has 2 unspecified atom stereocenters. The van der Waals surface area contributed by atoms with Gasteiger partial charge in [-0.15, -0.1) is 0 Å². The summed E-state index contributed by atoms with van der Waals surface area (Å²) in [6.45, 7) is 6.87. The van der Waals surface area contributed by atoms with Crippen LogP contribution < -0.4 is 5.32 Å². The molecule has 0 aromatic heterocycles. The van der Waals surface area contributed by atoms with E-state index in [4.69, 9.17) is 4.74 Å². The lowest BCUT2D eigenvalue weighted by Crippen LogP contribution is -2.35. The maximum Gasteiger partial charge on any atom is 0.123 e. The molecule has 0 aliphatic heterocycles. The normalized spacial score (nSPS) is 14.9. The molecule has 0 saturated carbocycles. The molecule has 0 fully saturated rings. The van der Waals surface area contributed by atoms with Crippen LogP contribution in [0.25, 0.3) is 0 Å². The van der Waals surface area contributed by atoms with Crippen LogP contribution in [0.4, 0.5) is 4.39 Å². The van der Waals surface area contributed by atoms with Gasteiger partial charge in [0.15, 0.2) is 0 Å². The third kappa shape index (κ3) is 3.79. The second kappa shape index (κ2) is 6.72. The van der Waals surface area contributed by atoms with Crippen LogP contribution in [0.1, 0.15) is 32.4 Å². The Morgan fingerprint density at radius 2 is 2.06 bits per heavy atom. The van der Waals surface area contributed by atoms with Crippen molar-refractivity contribution in [2.24, 2.45) is 5.92 Å². The summed E-state index contributed by atoms with van der Waals surface area (Å²) in [7, 11) is 1.88. The number of hydrogen-bond acceptors (Lipinski definition) is 2. The van der Waals surface area contributed by atoms with Crippen molar-refractivity contribution in [3.8, 4) is 0 Å². The van der Waals surface area contributed by atoms with E-state index < -0.39 is 0 Å². The van der Waals surface area contributed by atoms with E-state index in [1.807, 2.05) is 20.0 Å². The minimum absolute atomic E-state index is 0.0191. The zero-order chi connectivity index (χ0) is 12.8. The lowest BCUT2D eigenvalue weighted by Gasteiger charge is -2.30. The second-order valence-corrected chi connectivity index (χ2v) is 4.49. The van der Waals surface area contributed by atoms with Crippen molar-refractivity contribution < 1.29 is 9.13 Å². The highest BCUT2D eigenvalue weighted by molar-refractivity contribution is 5.21. The molecule has 1 rings (SSSR count). The van der Waals surface area contributed by atoms with Crippen LogP contribution >= 0.6 is 0 Å². The van der Waals surface area contributed by atoms with Gasteiger partial charge in [-0.05, 0) is 37.6 Å². The van der Waals surface area contributed by atoms with Gasteiger partial charge in [0, 0.05) is 6.61 Å². The zero-order valence-corrected chi connectivity index (χ0v) is 11.0. The standard InChI is InChI=1S/C14H22FNO/c1-5-17-14(10(2)3)13(16-4)11-7-6-8-12(15)9-11/h6-10,13-14,16H,5H2,1-4H3. The molecule has 0 aliphatic rings. The lowest BCUT2D eigenvalue weighted by molar-refractivity contribution is 0.00455. The van der Waals surface area contributed by atoms with E-state index >= 15 is 0 Å². The monoisotopic (exact) mass is 239 g/mol. The number of rotatable bonds is 6. The van der Waals surface area contributed by atoms with E-state index in [0.29, 0.717) is 12.5 Å². The number of ether oxygens (including phenoxy) is 1. The molecule has 17 heavy (non-hydrogen) atoms. The van der Waals surface area contributed by atoms with Crippen molar-refractivity contribution in [1.29, 1.82) is 0 Å². The summed E-state index contributed by atoms with van der Waals surface area (Å²) in [6, 6.07) is 6.71. The fourth-order valence-corrected chi connectivity index (χ4v) is 2.09. The van der Waals surface area contributed by atoms with Gasteiger partial charge in [-0.1, -0.05) is 26.0 Å². The molecule has 0 radical (unpaired) electrons. The van der Waals surface area contributed by atoms with Crippen molar-refractivity contribution in [3.05, 3.63) is 35.6 Å². The molecule has 2 atom stereocenters. The lowest BCUT2D eigenvalue weighted by atomic mass is 9.93. The summed E-state index contributed by atoms with van der Waals surface area (Å²) >= 11 is 0. The predicted molar refractivity (Wildman–Crippen MR) is 68.5 cm³/mol. The Bertz CT molecular complexity index is 341. The van der Waals surface area contributed by atoms with Crippen LogP contribution in [0, 0.1) is 11.7 Å². The predicted octanol–water partition coefficient (Wildman–Crippen LogP) is 3.15. The number of hydrogen-bond donors (Lipinski definition) is 1. The molecular formula is C14H22FNO. The van der Waals surface area contributed by atoms with Crippen LogP contribution in [-0.2, 0) is 4.74 Å². The van der Waals surface area contributed by atoms with E-state index in [9.17, 15) is 4.39 Å². The average Bonchev–Trinajstić information content (AvgIpc) is 2.29. The molecule has 1 aromatic rings. The Morgan fingerprint density at radius 3 is 2.53 bits per heavy atom. The maximum atomic E-state index is 13.2. The second-order valence-electron chi connectivity index (χ2n) is 4.49. The number of benzene rings is 1. The summed E-state index contributed by atoms with van der Waals surface area (Å²) in [5, 5.41) is 3.22. The maximum absolute atomic E-state index is 13.2. The Balaban J connectivity index is 2.95. The van der Waals surface area contributed by atoms with Gasteiger partial charge in [-0.25, -0.2) is 4.39 Å². The molecule has 0 amide bonds. The molecule has 0 aliphatic carbocycles. The summed E-state index contributed by atoms with van der Waals surface area (Å²) in [5.74, 6) is 0.164. The van der Waals surface area contributed by atoms with Gasteiger partial charge in [0.1, 0.15) is 5.82 Å². The van der Waals surface area contributed by atoms with Crippen molar-refractivity contribution in [1.82, 2.24) is 5.32 Å². The van der Waals surface area contributed by atoms with Gasteiger partial charge in [0.05, 0.1) is 12.1 Å². The third-order valence-electron chi connectivity index (χ3n) is 2.86. The molecule has 0 saturated heterocycles. The molecular weight excluding hydrogens is 217 g/mol. The van der Waals surface area contributed by atoms with Crippen molar-refractivity contribution in [2.45, 2.75) is 32.9 Å². The summed E-state index contributed by atoms with van der Waals surface area (Å²) in [4.78, 5) is 0. The first kappa shape index (κ1) is 14.1. The van der Waals surface area contributed by atoms with Crippen LogP contribution in [-0.4, -0.2) is 19.8 Å². The fraction of sp³-hybridized carbons (Fsp3) is 0.571. The highest BCUT2D eigenvalue weighted by Crippen LogP contribution is 2.25. The highest BCUT2D eigenvalue weighted by Gasteiger charge is 2.25. The van der Waals surface area contributed by atoms with Crippen LogP contribution in [0.15, 0.2) is 24.3 Å². The molecule has 2 nitrogen and oxygen atoms in total. The van der Waals surface area contributed by atoms with E-state index in [2.05, 4.69) is 19.2 Å². The van der Waals surface area contributed by atoms with Crippen LogP contribution in [0.2, 0.25) is 0 Å². The Morgan fingerprint density at radius 1 is 1.35 bits per heavy atom. The quantitative estimate of drug-likeness (QED) is 0.823. The molecule has 3 heteroatoms. The van der Waals surface area contributed by atoms with Crippen LogP contribution in [0.3, 0.4) is 0 Å². The number of nitrogens with one attached hydrogen (secondary N) is 1. The number of halogens is 1. The Kier molecular flexibility index (Phi) is 5.59. The summed E-state index contributed by atoms with van der Waals surface area (Å²) < 4.78 is 19.0. The van der Waals surface area contributed by atoms with Gasteiger partial charge in [0.2, 0.25) is 0 Å². The topological polar surface area (TPSA) is 21.3 Å². The van der Waals surface area contributed by atoms with Crippen LogP contribution in [0.5, 0.6) is 0 Å². The van der Waals surface area contributed by atoms with E-state index in [-0.39, 0.29) is 18.0 Å². The minimum Gasteiger partial charge on any atom is -0.376 e. The van der Waals surface area contributed by atoms with Gasteiger partial charge < -0.3 is 10.1 Å². The molecule has 0 bridgehead atoms. The van der Waals surface area contributed by atoms with E-state index in [1.165, 1.54) is 6.07 Å². The van der Waals surface area contributed by atoms with Gasteiger partial charge in [0.25, 0.3) is 0 Å².